The lowest BCUT2D eigenvalue weighted by Gasteiger charge is -2.23. The number of thioether (sulfide) groups is 1. The quantitative estimate of drug-likeness (QED) is 0.850. The largest absolute Gasteiger partial charge is 0.374 e. The zero-order valence-electron chi connectivity index (χ0n) is 13.6. The number of anilines is 1. The molecule has 120 valence electrons. The summed E-state index contributed by atoms with van der Waals surface area (Å²) in [5, 5.41) is 0. The maximum absolute atomic E-state index is 6.51. The van der Waals surface area contributed by atoms with E-state index in [2.05, 4.69) is 28.4 Å². The van der Waals surface area contributed by atoms with Gasteiger partial charge in [-0.15, -0.1) is 0 Å². The topological polar surface area (TPSA) is 67.8 Å². The Morgan fingerprint density at radius 3 is 2.77 bits per heavy atom. The normalized spacial score (nSPS) is 16.5. The molecular weight excluding hydrogens is 296 g/mol. The zero-order valence-corrected chi connectivity index (χ0v) is 14.4. The molecule has 0 spiro atoms. The summed E-state index contributed by atoms with van der Waals surface area (Å²) in [4.78, 5) is 8.04. The summed E-state index contributed by atoms with van der Waals surface area (Å²) >= 11 is 2.04. The molecule has 3 N–H and O–H groups in total. The summed E-state index contributed by atoms with van der Waals surface area (Å²) in [5.74, 6) is 4.09. The molecule has 1 fully saturated rings. The second kappa shape index (κ2) is 6.46. The number of hydrogen-bond acceptors (Lipinski definition) is 4. The van der Waals surface area contributed by atoms with E-state index < -0.39 is 0 Å². The molecule has 0 radical (unpaired) electrons. The second-order valence-electron chi connectivity index (χ2n) is 5.85. The smallest absolute Gasteiger partial charge is 0.299 e. The maximum Gasteiger partial charge on any atom is 0.299 e. The molecule has 0 amide bonds. The van der Waals surface area contributed by atoms with Crippen LogP contribution in [0.3, 0.4) is 0 Å². The predicted octanol–water partition coefficient (Wildman–Crippen LogP) is 2.65. The molecule has 2 aromatic rings. The SMILES string of the molecule is CCOCc1nc2c(C)c(C)[n+](C3CCSCC3)c(N)c2[nH]1. The highest BCUT2D eigenvalue weighted by molar-refractivity contribution is 7.99. The van der Waals surface area contributed by atoms with Crippen LogP contribution in [0.25, 0.3) is 11.0 Å². The highest BCUT2D eigenvalue weighted by Gasteiger charge is 2.28. The van der Waals surface area contributed by atoms with Gasteiger partial charge in [-0.1, -0.05) is 0 Å². The lowest BCUT2D eigenvalue weighted by molar-refractivity contribution is -0.714. The van der Waals surface area contributed by atoms with Crippen molar-refractivity contribution in [3.8, 4) is 0 Å². The number of nitrogen functional groups attached to an aromatic ring is 1. The van der Waals surface area contributed by atoms with Crippen LogP contribution in [-0.2, 0) is 11.3 Å². The van der Waals surface area contributed by atoms with E-state index >= 15 is 0 Å². The van der Waals surface area contributed by atoms with E-state index in [9.17, 15) is 0 Å². The van der Waals surface area contributed by atoms with Gasteiger partial charge in [0.05, 0.1) is 0 Å². The van der Waals surface area contributed by atoms with Crippen LogP contribution in [0.2, 0.25) is 0 Å². The monoisotopic (exact) mass is 321 g/mol. The third kappa shape index (κ3) is 2.70. The first-order valence-electron chi connectivity index (χ1n) is 7.97. The molecular formula is C16H25N4OS+. The molecule has 2 aromatic heterocycles. The number of hydrogen-bond donors (Lipinski definition) is 2. The fourth-order valence-electron chi connectivity index (χ4n) is 3.21. The van der Waals surface area contributed by atoms with Crippen molar-refractivity contribution in [1.82, 2.24) is 9.97 Å². The molecule has 1 saturated heterocycles. The van der Waals surface area contributed by atoms with E-state index in [1.807, 2.05) is 18.7 Å². The molecule has 0 bridgehead atoms. The van der Waals surface area contributed by atoms with Gasteiger partial charge in [-0.2, -0.15) is 11.8 Å². The van der Waals surface area contributed by atoms with Crippen LogP contribution >= 0.6 is 11.8 Å². The van der Waals surface area contributed by atoms with Gasteiger partial charge in [0.1, 0.15) is 29.7 Å². The van der Waals surface area contributed by atoms with E-state index in [0.29, 0.717) is 19.3 Å². The van der Waals surface area contributed by atoms with E-state index in [0.717, 1.165) is 22.7 Å². The number of nitrogens with two attached hydrogens (primary N) is 1. The third-order valence-electron chi connectivity index (χ3n) is 4.53. The van der Waals surface area contributed by atoms with Gasteiger partial charge < -0.3 is 9.72 Å². The lowest BCUT2D eigenvalue weighted by atomic mass is 10.1. The maximum atomic E-state index is 6.51. The number of rotatable bonds is 4. The van der Waals surface area contributed by atoms with Gasteiger partial charge in [0.25, 0.3) is 5.82 Å². The fraction of sp³-hybridized carbons (Fsp3) is 0.625. The van der Waals surface area contributed by atoms with Crippen molar-refractivity contribution in [3.05, 3.63) is 17.1 Å². The van der Waals surface area contributed by atoms with E-state index in [4.69, 9.17) is 10.5 Å². The highest BCUT2D eigenvalue weighted by Crippen LogP contribution is 2.28. The Balaban J connectivity index is 2.09. The van der Waals surface area contributed by atoms with Crippen LogP contribution in [0.4, 0.5) is 5.82 Å². The first kappa shape index (κ1) is 15.6. The Morgan fingerprint density at radius 1 is 1.36 bits per heavy atom. The number of aryl methyl sites for hydroxylation is 1. The molecule has 0 saturated carbocycles. The summed E-state index contributed by atoms with van der Waals surface area (Å²) in [7, 11) is 0. The molecule has 0 aromatic carbocycles. The number of nitrogens with one attached hydrogen (secondary N) is 1. The number of H-pyrrole nitrogens is 1. The van der Waals surface area contributed by atoms with Gasteiger partial charge in [0.2, 0.25) is 0 Å². The van der Waals surface area contributed by atoms with E-state index in [-0.39, 0.29) is 0 Å². The number of imidazole rings is 1. The Bertz CT molecular complexity index is 677. The molecule has 3 rings (SSSR count). The summed E-state index contributed by atoms with van der Waals surface area (Å²) < 4.78 is 7.78. The number of fused-ring (bicyclic) bond motifs is 1. The highest BCUT2D eigenvalue weighted by atomic mass is 32.2. The minimum absolute atomic E-state index is 0.503. The number of ether oxygens (including phenoxy) is 1. The third-order valence-corrected chi connectivity index (χ3v) is 5.58. The molecule has 5 nitrogen and oxygen atoms in total. The van der Waals surface area contributed by atoms with Gasteiger partial charge in [0.15, 0.2) is 5.52 Å². The number of aromatic nitrogens is 3. The molecule has 0 aliphatic carbocycles. The molecule has 6 heteroatoms. The average molecular weight is 321 g/mol. The molecule has 22 heavy (non-hydrogen) atoms. The summed E-state index contributed by atoms with van der Waals surface area (Å²) in [6.45, 7) is 7.47. The van der Waals surface area contributed by atoms with Crippen LogP contribution in [-0.4, -0.2) is 28.1 Å². The molecule has 1 aliphatic rings. The molecule has 0 unspecified atom stereocenters. The average Bonchev–Trinajstić information content (AvgIpc) is 2.97. The van der Waals surface area contributed by atoms with Gasteiger partial charge in [-0.25, -0.2) is 9.55 Å². The Labute approximate surface area is 135 Å². The van der Waals surface area contributed by atoms with E-state index in [1.54, 1.807) is 0 Å². The number of pyridine rings is 1. The summed E-state index contributed by atoms with van der Waals surface area (Å²) in [5.41, 5.74) is 10.9. The lowest BCUT2D eigenvalue weighted by Crippen LogP contribution is -2.47. The minimum atomic E-state index is 0.503. The summed E-state index contributed by atoms with van der Waals surface area (Å²) in [6, 6.07) is 0.503. The first-order valence-corrected chi connectivity index (χ1v) is 9.13. The van der Waals surface area contributed by atoms with Gasteiger partial charge in [-0.05, 0) is 45.1 Å². The predicted molar refractivity (Wildman–Crippen MR) is 91.1 cm³/mol. The Morgan fingerprint density at radius 2 is 2.09 bits per heavy atom. The van der Waals surface area contributed by atoms with E-state index in [1.165, 1.54) is 35.6 Å². The molecule has 3 heterocycles. The Hall–Kier alpha value is -1.27. The van der Waals surface area contributed by atoms with Crippen molar-refractivity contribution in [2.24, 2.45) is 0 Å². The molecule has 0 atom stereocenters. The van der Waals surface area contributed by atoms with Crippen molar-refractivity contribution < 1.29 is 9.30 Å². The van der Waals surface area contributed by atoms with Crippen molar-refractivity contribution in [3.63, 3.8) is 0 Å². The van der Waals surface area contributed by atoms with Gasteiger partial charge in [-0.3, -0.25) is 5.73 Å². The standard InChI is InChI=1S/C16H24N4OS/c1-4-21-9-13-18-14-10(2)11(3)20(16(17)15(14)19-13)12-5-7-22-8-6-12/h12H,4-9H2,1-3H3,(H2,17,18,19)/p+1. The van der Waals surface area contributed by atoms with Crippen LogP contribution in [0.5, 0.6) is 0 Å². The van der Waals surface area contributed by atoms with Crippen molar-refractivity contribution >= 4 is 28.6 Å². The fourth-order valence-corrected chi connectivity index (χ4v) is 4.29. The van der Waals surface area contributed by atoms with Crippen LogP contribution in [0, 0.1) is 13.8 Å². The first-order chi connectivity index (χ1) is 10.6. The van der Waals surface area contributed by atoms with Crippen LogP contribution < -0.4 is 10.3 Å². The van der Waals surface area contributed by atoms with Gasteiger partial charge in [0, 0.05) is 12.2 Å². The van der Waals surface area contributed by atoms with Crippen molar-refractivity contribution in [2.75, 3.05) is 23.8 Å². The molecule has 1 aliphatic heterocycles. The van der Waals surface area contributed by atoms with Crippen molar-refractivity contribution in [1.29, 1.82) is 0 Å². The van der Waals surface area contributed by atoms with Crippen LogP contribution in [0.1, 0.15) is 42.9 Å². The second-order valence-corrected chi connectivity index (χ2v) is 7.08. The van der Waals surface area contributed by atoms with Crippen molar-refractivity contribution in [2.45, 2.75) is 46.3 Å². The minimum Gasteiger partial charge on any atom is -0.374 e. The number of aromatic amines is 1. The van der Waals surface area contributed by atoms with Gasteiger partial charge >= 0.3 is 0 Å². The Kier molecular flexibility index (Phi) is 4.59. The zero-order chi connectivity index (χ0) is 15.7. The van der Waals surface area contributed by atoms with Crippen LogP contribution in [0.15, 0.2) is 0 Å². The summed E-state index contributed by atoms with van der Waals surface area (Å²) in [6.07, 6.45) is 2.37. The number of nitrogens with zero attached hydrogens (tertiary/aromatic N) is 2.